The molecule has 0 spiro atoms. The largest absolute Gasteiger partial charge is 0.411 e. The van der Waals surface area contributed by atoms with Crippen molar-refractivity contribution in [1.82, 2.24) is 0 Å². The number of para-hydroxylation sites is 1. The highest BCUT2D eigenvalue weighted by Gasteiger charge is 1.97. The Kier molecular flexibility index (Phi) is 2.95. The van der Waals surface area contributed by atoms with Gasteiger partial charge in [-0.15, -0.1) is 0 Å². The van der Waals surface area contributed by atoms with Crippen molar-refractivity contribution >= 4 is 22.6 Å². The SMILES string of the molecule is NOc1ccccc1CI. The fourth-order valence-corrected chi connectivity index (χ4v) is 1.36. The molecule has 2 nitrogen and oxygen atoms in total. The fraction of sp³-hybridized carbons (Fsp3) is 0.143. The van der Waals surface area contributed by atoms with Gasteiger partial charge in [0.05, 0.1) is 0 Å². The van der Waals surface area contributed by atoms with Crippen LogP contribution in [0.1, 0.15) is 5.56 Å². The molecule has 0 heterocycles. The molecule has 0 radical (unpaired) electrons. The molecule has 1 aromatic carbocycles. The topological polar surface area (TPSA) is 35.2 Å². The summed E-state index contributed by atoms with van der Waals surface area (Å²) in [6.07, 6.45) is 0. The summed E-state index contributed by atoms with van der Waals surface area (Å²) in [6, 6.07) is 7.72. The van der Waals surface area contributed by atoms with E-state index < -0.39 is 0 Å². The quantitative estimate of drug-likeness (QED) is 0.493. The molecule has 0 aliphatic carbocycles. The Balaban J connectivity index is 2.96. The van der Waals surface area contributed by atoms with Gasteiger partial charge in [-0.2, -0.15) is 5.90 Å². The average Bonchev–Trinajstić information content (AvgIpc) is 2.04. The van der Waals surface area contributed by atoms with Gasteiger partial charge in [-0.25, -0.2) is 0 Å². The van der Waals surface area contributed by atoms with Crippen LogP contribution >= 0.6 is 22.6 Å². The van der Waals surface area contributed by atoms with E-state index in [4.69, 9.17) is 5.90 Å². The zero-order valence-electron chi connectivity index (χ0n) is 5.38. The van der Waals surface area contributed by atoms with Crippen molar-refractivity contribution in [2.24, 2.45) is 5.90 Å². The number of alkyl halides is 1. The second-order valence-corrected chi connectivity index (χ2v) is 2.62. The van der Waals surface area contributed by atoms with Gasteiger partial charge in [0.25, 0.3) is 0 Å². The Morgan fingerprint density at radius 1 is 1.40 bits per heavy atom. The molecule has 1 aromatic rings. The van der Waals surface area contributed by atoms with E-state index in [2.05, 4.69) is 27.4 Å². The number of benzene rings is 1. The zero-order chi connectivity index (χ0) is 7.40. The molecule has 0 aliphatic heterocycles. The van der Waals surface area contributed by atoms with E-state index in [0.717, 1.165) is 15.7 Å². The molecule has 0 aliphatic rings. The van der Waals surface area contributed by atoms with Crippen LogP contribution in [-0.2, 0) is 4.43 Å². The standard InChI is InChI=1S/C7H8INO/c8-5-6-3-1-2-4-7(6)10-9/h1-4H,5,9H2. The van der Waals surface area contributed by atoms with Crippen LogP contribution < -0.4 is 10.7 Å². The minimum atomic E-state index is 0.761. The maximum absolute atomic E-state index is 5.02. The summed E-state index contributed by atoms with van der Waals surface area (Å²) >= 11 is 2.27. The number of nitrogens with two attached hydrogens (primary N) is 1. The lowest BCUT2D eigenvalue weighted by atomic mass is 10.2. The van der Waals surface area contributed by atoms with E-state index in [9.17, 15) is 0 Å². The lowest BCUT2D eigenvalue weighted by molar-refractivity contribution is 0.332. The molecule has 0 aromatic heterocycles. The van der Waals surface area contributed by atoms with E-state index in [1.807, 2.05) is 24.3 Å². The summed E-state index contributed by atoms with van der Waals surface area (Å²) in [5.41, 5.74) is 1.13. The number of hydrogen-bond acceptors (Lipinski definition) is 2. The molecule has 10 heavy (non-hydrogen) atoms. The van der Waals surface area contributed by atoms with E-state index in [1.165, 1.54) is 0 Å². The van der Waals surface area contributed by atoms with Crippen molar-refractivity contribution in [2.75, 3.05) is 0 Å². The molecule has 54 valence electrons. The normalized spacial score (nSPS) is 9.40. The summed E-state index contributed by atoms with van der Waals surface area (Å²) in [5, 5.41) is 0. The number of hydrogen-bond donors (Lipinski definition) is 1. The van der Waals surface area contributed by atoms with Gasteiger partial charge < -0.3 is 4.84 Å². The highest BCUT2D eigenvalue weighted by Crippen LogP contribution is 2.18. The van der Waals surface area contributed by atoms with E-state index in [1.54, 1.807) is 0 Å². The molecule has 0 unspecified atom stereocenters. The van der Waals surface area contributed by atoms with Crippen molar-refractivity contribution in [3.05, 3.63) is 29.8 Å². The molecule has 0 fully saturated rings. The molecule has 0 saturated carbocycles. The van der Waals surface area contributed by atoms with Gasteiger partial charge in [0.15, 0.2) is 5.75 Å². The van der Waals surface area contributed by atoms with E-state index in [-0.39, 0.29) is 0 Å². The summed E-state index contributed by atoms with van der Waals surface area (Å²) in [6.45, 7) is 0. The van der Waals surface area contributed by atoms with Crippen LogP contribution in [0.25, 0.3) is 0 Å². The maximum atomic E-state index is 5.02. The smallest absolute Gasteiger partial charge is 0.150 e. The van der Waals surface area contributed by atoms with Crippen molar-refractivity contribution in [2.45, 2.75) is 4.43 Å². The molecule has 0 amide bonds. The summed E-state index contributed by atoms with van der Waals surface area (Å²) in [7, 11) is 0. The first-order valence-electron chi connectivity index (χ1n) is 2.89. The minimum Gasteiger partial charge on any atom is -0.411 e. The third-order valence-electron chi connectivity index (χ3n) is 1.24. The Hall–Kier alpha value is -0.290. The summed E-state index contributed by atoms with van der Waals surface area (Å²) in [5.74, 6) is 5.78. The van der Waals surface area contributed by atoms with Gasteiger partial charge in [-0.05, 0) is 6.07 Å². The second-order valence-electron chi connectivity index (χ2n) is 1.86. The van der Waals surface area contributed by atoms with Gasteiger partial charge in [-0.1, -0.05) is 40.8 Å². The average molecular weight is 249 g/mol. The zero-order valence-corrected chi connectivity index (χ0v) is 7.54. The van der Waals surface area contributed by atoms with E-state index >= 15 is 0 Å². The third kappa shape index (κ3) is 1.60. The highest BCUT2D eigenvalue weighted by atomic mass is 127. The van der Waals surface area contributed by atoms with Crippen molar-refractivity contribution in [3.8, 4) is 5.75 Å². The predicted molar refractivity (Wildman–Crippen MR) is 49.0 cm³/mol. The Bertz CT molecular complexity index is 192. The van der Waals surface area contributed by atoms with Gasteiger partial charge in [-0.3, -0.25) is 0 Å². The molecule has 2 N–H and O–H groups in total. The van der Waals surface area contributed by atoms with Crippen LogP contribution in [0.2, 0.25) is 0 Å². The van der Waals surface area contributed by atoms with E-state index in [0.29, 0.717) is 0 Å². The lowest BCUT2D eigenvalue weighted by Crippen LogP contribution is -2.03. The first-order chi connectivity index (χ1) is 4.88. The monoisotopic (exact) mass is 249 g/mol. The highest BCUT2D eigenvalue weighted by molar-refractivity contribution is 14.1. The molecule has 3 heteroatoms. The Morgan fingerprint density at radius 3 is 2.60 bits per heavy atom. The first-order valence-corrected chi connectivity index (χ1v) is 4.41. The molecular weight excluding hydrogens is 241 g/mol. The Morgan fingerprint density at radius 2 is 2.10 bits per heavy atom. The van der Waals surface area contributed by atoms with Crippen LogP contribution in [-0.4, -0.2) is 0 Å². The van der Waals surface area contributed by atoms with Gasteiger partial charge in [0.1, 0.15) is 0 Å². The van der Waals surface area contributed by atoms with Crippen LogP contribution in [0, 0.1) is 0 Å². The molecular formula is C7H8INO. The van der Waals surface area contributed by atoms with Crippen molar-refractivity contribution in [1.29, 1.82) is 0 Å². The van der Waals surface area contributed by atoms with Crippen LogP contribution in [0.15, 0.2) is 24.3 Å². The fourth-order valence-electron chi connectivity index (χ4n) is 0.729. The molecule has 0 saturated heterocycles. The number of halogens is 1. The third-order valence-corrected chi connectivity index (χ3v) is 2.07. The Labute approximate surface area is 73.5 Å². The minimum absolute atomic E-state index is 0.761. The van der Waals surface area contributed by atoms with Crippen LogP contribution in [0.5, 0.6) is 5.75 Å². The summed E-state index contributed by atoms with van der Waals surface area (Å²) in [4.78, 5) is 4.63. The molecule has 0 bridgehead atoms. The van der Waals surface area contributed by atoms with Gasteiger partial charge in [0.2, 0.25) is 0 Å². The first kappa shape index (κ1) is 7.81. The molecule has 0 atom stereocenters. The molecule has 1 rings (SSSR count). The maximum Gasteiger partial charge on any atom is 0.150 e. The lowest BCUT2D eigenvalue weighted by Gasteiger charge is -2.01. The van der Waals surface area contributed by atoms with Crippen LogP contribution in [0.4, 0.5) is 0 Å². The van der Waals surface area contributed by atoms with Crippen molar-refractivity contribution in [3.63, 3.8) is 0 Å². The van der Waals surface area contributed by atoms with Crippen LogP contribution in [0.3, 0.4) is 0 Å². The van der Waals surface area contributed by atoms with Crippen molar-refractivity contribution < 1.29 is 4.84 Å². The predicted octanol–water partition coefficient (Wildman–Crippen LogP) is 1.87. The van der Waals surface area contributed by atoms with Gasteiger partial charge in [0, 0.05) is 9.99 Å². The second kappa shape index (κ2) is 3.78. The summed E-state index contributed by atoms with van der Waals surface area (Å²) < 4.78 is 0.922. The van der Waals surface area contributed by atoms with Gasteiger partial charge >= 0.3 is 0 Å². The number of rotatable bonds is 2.